The van der Waals surface area contributed by atoms with E-state index in [1.54, 1.807) is 18.2 Å². The van der Waals surface area contributed by atoms with Crippen LogP contribution in [-0.2, 0) is 11.8 Å². The monoisotopic (exact) mass is 267 g/mol. The van der Waals surface area contributed by atoms with Crippen LogP contribution in [0.3, 0.4) is 0 Å². The molecular formula is C16H13NO3. The Morgan fingerprint density at radius 1 is 1.05 bits per heavy atom. The van der Waals surface area contributed by atoms with Crippen molar-refractivity contribution in [1.82, 2.24) is 4.57 Å². The van der Waals surface area contributed by atoms with E-state index in [0.29, 0.717) is 16.3 Å². The van der Waals surface area contributed by atoms with Gasteiger partial charge in [0.25, 0.3) is 0 Å². The van der Waals surface area contributed by atoms with Gasteiger partial charge in [0.05, 0.1) is 23.7 Å². The van der Waals surface area contributed by atoms with Crippen LogP contribution in [0.1, 0.15) is 10.4 Å². The van der Waals surface area contributed by atoms with Crippen molar-refractivity contribution in [3.8, 4) is 0 Å². The molecule has 0 aliphatic heterocycles. The van der Waals surface area contributed by atoms with Crippen LogP contribution in [0, 0.1) is 0 Å². The Kier molecular flexibility index (Phi) is 2.79. The molecular weight excluding hydrogens is 254 g/mol. The SMILES string of the molecule is COC(=O)c1ccc2c(=O)c3ccccc3n(C)c2c1. The van der Waals surface area contributed by atoms with Crippen LogP contribution < -0.4 is 5.43 Å². The largest absolute Gasteiger partial charge is 0.465 e. The van der Waals surface area contributed by atoms with E-state index in [-0.39, 0.29) is 5.43 Å². The molecule has 0 fully saturated rings. The van der Waals surface area contributed by atoms with Crippen LogP contribution in [0.4, 0.5) is 0 Å². The fourth-order valence-corrected chi connectivity index (χ4v) is 2.48. The van der Waals surface area contributed by atoms with E-state index in [4.69, 9.17) is 4.74 Å². The Bertz CT molecular complexity index is 893. The average molecular weight is 267 g/mol. The molecule has 20 heavy (non-hydrogen) atoms. The predicted molar refractivity (Wildman–Crippen MR) is 78.0 cm³/mol. The van der Waals surface area contributed by atoms with Gasteiger partial charge in [-0.25, -0.2) is 4.79 Å². The van der Waals surface area contributed by atoms with Crippen molar-refractivity contribution in [2.45, 2.75) is 0 Å². The number of hydrogen-bond acceptors (Lipinski definition) is 3. The first-order valence-electron chi connectivity index (χ1n) is 6.23. The number of esters is 1. The zero-order chi connectivity index (χ0) is 14.3. The second kappa shape index (κ2) is 4.49. The van der Waals surface area contributed by atoms with E-state index in [2.05, 4.69) is 0 Å². The van der Waals surface area contributed by atoms with E-state index in [9.17, 15) is 9.59 Å². The molecule has 4 heteroatoms. The number of aryl methyl sites for hydroxylation is 1. The second-order valence-electron chi connectivity index (χ2n) is 4.63. The molecule has 0 spiro atoms. The molecule has 4 nitrogen and oxygen atoms in total. The number of carbonyl (C=O) groups is 1. The Morgan fingerprint density at radius 3 is 2.50 bits per heavy atom. The zero-order valence-electron chi connectivity index (χ0n) is 11.2. The highest BCUT2D eigenvalue weighted by atomic mass is 16.5. The summed E-state index contributed by atoms with van der Waals surface area (Å²) >= 11 is 0. The first-order valence-corrected chi connectivity index (χ1v) is 6.23. The second-order valence-corrected chi connectivity index (χ2v) is 4.63. The molecule has 0 aliphatic rings. The van der Waals surface area contributed by atoms with Gasteiger partial charge in [-0.15, -0.1) is 0 Å². The molecule has 0 unspecified atom stereocenters. The molecule has 0 N–H and O–H groups in total. The summed E-state index contributed by atoms with van der Waals surface area (Å²) in [6.07, 6.45) is 0. The number of pyridine rings is 1. The topological polar surface area (TPSA) is 48.3 Å². The number of rotatable bonds is 1. The van der Waals surface area contributed by atoms with Gasteiger partial charge in [-0.2, -0.15) is 0 Å². The van der Waals surface area contributed by atoms with E-state index < -0.39 is 5.97 Å². The van der Waals surface area contributed by atoms with Crippen molar-refractivity contribution in [3.63, 3.8) is 0 Å². The number of carbonyl (C=O) groups excluding carboxylic acids is 1. The first-order chi connectivity index (χ1) is 9.63. The number of para-hydroxylation sites is 1. The normalized spacial score (nSPS) is 10.9. The highest BCUT2D eigenvalue weighted by Crippen LogP contribution is 2.19. The minimum absolute atomic E-state index is 0.0230. The molecule has 1 aromatic heterocycles. The van der Waals surface area contributed by atoms with Crippen molar-refractivity contribution >= 4 is 27.8 Å². The molecule has 2 aromatic carbocycles. The van der Waals surface area contributed by atoms with Crippen molar-refractivity contribution in [3.05, 3.63) is 58.3 Å². The maximum atomic E-state index is 12.5. The Labute approximate surface area is 115 Å². The van der Waals surface area contributed by atoms with Crippen LogP contribution in [0.15, 0.2) is 47.3 Å². The summed E-state index contributed by atoms with van der Waals surface area (Å²) in [6.45, 7) is 0. The smallest absolute Gasteiger partial charge is 0.337 e. The maximum Gasteiger partial charge on any atom is 0.337 e. The fraction of sp³-hybridized carbons (Fsp3) is 0.125. The van der Waals surface area contributed by atoms with Gasteiger partial charge in [-0.05, 0) is 30.3 Å². The highest BCUT2D eigenvalue weighted by molar-refractivity contribution is 5.98. The van der Waals surface area contributed by atoms with Gasteiger partial charge in [0.2, 0.25) is 0 Å². The molecule has 3 aromatic rings. The van der Waals surface area contributed by atoms with E-state index in [1.165, 1.54) is 7.11 Å². The van der Waals surface area contributed by atoms with Crippen molar-refractivity contribution in [2.24, 2.45) is 7.05 Å². The average Bonchev–Trinajstić information content (AvgIpc) is 2.51. The van der Waals surface area contributed by atoms with Crippen LogP contribution >= 0.6 is 0 Å². The van der Waals surface area contributed by atoms with Crippen LogP contribution in [0.5, 0.6) is 0 Å². The van der Waals surface area contributed by atoms with E-state index >= 15 is 0 Å². The Balaban J connectivity index is 2.47. The van der Waals surface area contributed by atoms with Gasteiger partial charge < -0.3 is 9.30 Å². The number of ether oxygens (including phenoxy) is 1. The summed E-state index contributed by atoms with van der Waals surface area (Å²) in [7, 11) is 3.22. The minimum Gasteiger partial charge on any atom is -0.465 e. The first kappa shape index (κ1) is 12.4. The zero-order valence-corrected chi connectivity index (χ0v) is 11.2. The summed E-state index contributed by atoms with van der Waals surface area (Å²) in [4.78, 5) is 24.1. The number of benzene rings is 2. The van der Waals surface area contributed by atoms with Gasteiger partial charge in [0.1, 0.15) is 0 Å². The molecule has 1 heterocycles. The van der Waals surface area contributed by atoms with Gasteiger partial charge in [0.15, 0.2) is 5.43 Å². The minimum atomic E-state index is -0.410. The molecule has 0 radical (unpaired) electrons. The molecule has 0 aliphatic carbocycles. The molecule has 0 atom stereocenters. The lowest BCUT2D eigenvalue weighted by atomic mass is 10.1. The molecule has 3 rings (SSSR count). The van der Waals surface area contributed by atoms with Crippen molar-refractivity contribution in [2.75, 3.05) is 7.11 Å². The van der Waals surface area contributed by atoms with Gasteiger partial charge in [0, 0.05) is 17.8 Å². The third-order valence-electron chi connectivity index (χ3n) is 3.53. The van der Waals surface area contributed by atoms with E-state index in [0.717, 1.165) is 11.0 Å². The van der Waals surface area contributed by atoms with Crippen LogP contribution in [0.2, 0.25) is 0 Å². The molecule has 0 saturated heterocycles. The van der Waals surface area contributed by atoms with Gasteiger partial charge in [-0.1, -0.05) is 12.1 Å². The summed E-state index contributed by atoms with van der Waals surface area (Å²) in [5.74, 6) is -0.410. The predicted octanol–water partition coefficient (Wildman–Crippen LogP) is 2.48. The number of fused-ring (bicyclic) bond motifs is 2. The lowest BCUT2D eigenvalue weighted by molar-refractivity contribution is 0.0601. The maximum absolute atomic E-state index is 12.5. The highest BCUT2D eigenvalue weighted by Gasteiger charge is 2.11. The van der Waals surface area contributed by atoms with Crippen molar-refractivity contribution < 1.29 is 9.53 Å². The third kappa shape index (κ3) is 1.69. The van der Waals surface area contributed by atoms with Crippen LogP contribution in [-0.4, -0.2) is 17.6 Å². The number of hydrogen-bond donors (Lipinski definition) is 0. The standard InChI is InChI=1S/C16H13NO3/c1-17-13-6-4-3-5-11(13)15(18)12-8-7-10(9-14(12)17)16(19)20-2/h3-9H,1-2H3. The Hall–Kier alpha value is -2.62. The molecule has 0 bridgehead atoms. The molecule has 100 valence electrons. The van der Waals surface area contributed by atoms with E-state index in [1.807, 2.05) is 35.9 Å². The number of aromatic nitrogens is 1. The van der Waals surface area contributed by atoms with Crippen LogP contribution in [0.25, 0.3) is 21.8 Å². The Morgan fingerprint density at radius 2 is 1.75 bits per heavy atom. The van der Waals surface area contributed by atoms with Gasteiger partial charge >= 0.3 is 5.97 Å². The molecule has 0 saturated carbocycles. The quantitative estimate of drug-likeness (QED) is 0.502. The number of nitrogens with zero attached hydrogens (tertiary/aromatic N) is 1. The molecule has 0 amide bonds. The fourth-order valence-electron chi connectivity index (χ4n) is 2.48. The summed E-state index contributed by atoms with van der Waals surface area (Å²) < 4.78 is 6.63. The number of methoxy groups -OCH3 is 1. The summed E-state index contributed by atoms with van der Waals surface area (Å²) in [5.41, 5.74) is 1.97. The van der Waals surface area contributed by atoms with Gasteiger partial charge in [-0.3, -0.25) is 4.79 Å². The summed E-state index contributed by atoms with van der Waals surface area (Å²) in [6, 6.07) is 12.4. The lowest BCUT2D eigenvalue weighted by Gasteiger charge is -2.11. The third-order valence-corrected chi connectivity index (χ3v) is 3.53. The van der Waals surface area contributed by atoms with Crippen molar-refractivity contribution in [1.29, 1.82) is 0 Å². The summed E-state index contributed by atoms with van der Waals surface area (Å²) in [5, 5.41) is 1.27. The lowest BCUT2D eigenvalue weighted by Crippen LogP contribution is -2.10.